The number of benzene rings is 1. The zero-order chi connectivity index (χ0) is 12.1. The second-order valence-corrected chi connectivity index (χ2v) is 4.14. The van der Waals surface area contributed by atoms with Crippen LogP contribution in [0, 0.1) is 0 Å². The van der Waals surface area contributed by atoms with Crippen LogP contribution in [-0.4, -0.2) is 24.2 Å². The van der Waals surface area contributed by atoms with Crippen molar-refractivity contribution in [3.05, 3.63) is 35.9 Å². The van der Waals surface area contributed by atoms with Crippen LogP contribution in [-0.2, 0) is 4.84 Å². The number of hydrogen-bond donors (Lipinski definition) is 2. The Morgan fingerprint density at radius 2 is 1.94 bits per heavy atom. The van der Waals surface area contributed by atoms with Gasteiger partial charge in [0.05, 0.1) is 0 Å². The van der Waals surface area contributed by atoms with Crippen LogP contribution >= 0.6 is 0 Å². The summed E-state index contributed by atoms with van der Waals surface area (Å²) in [5.41, 5.74) is 3.31. The molecule has 5 nitrogen and oxygen atoms in total. The molecule has 5 heteroatoms. The first kappa shape index (κ1) is 11.9. The summed E-state index contributed by atoms with van der Waals surface area (Å²) in [5.74, 6) is 5.51. The third-order valence-corrected chi connectivity index (χ3v) is 3.05. The predicted octanol–water partition coefficient (Wildman–Crippen LogP) is 1.38. The molecule has 0 aliphatic carbocycles. The molecule has 1 amide bonds. The highest BCUT2D eigenvalue weighted by Gasteiger charge is 2.22. The van der Waals surface area contributed by atoms with E-state index in [-0.39, 0.29) is 0 Å². The van der Waals surface area contributed by atoms with E-state index in [2.05, 4.69) is 24.3 Å². The van der Waals surface area contributed by atoms with Crippen LogP contribution < -0.4 is 11.3 Å². The highest BCUT2D eigenvalue weighted by molar-refractivity contribution is 5.65. The van der Waals surface area contributed by atoms with Gasteiger partial charge >= 0.3 is 6.09 Å². The molecule has 2 rings (SSSR count). The number of hydroxylamine groups is 2. The van der Waals surface area contributed by atoms with Crippen molar-refractivity contribution in [3.8, 4) is 0 Å². The van der Waals surface area contributed by atoms with Gasteiger partial charge in [-0.15, -0.1) is 5.06 Å². The normalized spacial score (nSPS) is 17.7. The van der Waals surface area contributed by atoms with Gasteiger partial charge in [-0.05, 0) is 24.3 Å². The summed E-state index contributed by atoms with van der Waals surface area (Å²) in [6.07, 6.45) is 1.37. The monoisotopic (exact) mass is 235 g/mol. The van der Waals surface area contributed by atoms with E-state index in [0.717, 1.165) is 25.9 Å². The summed E-state index contributed by atoms with van der Waals surface area (Å²) in [6, 6.07) is 10.4. The van der Waals surface area contributed by atoms with Crippen LogP contribution in [0.25, 0.3) is 0 Å². The van der Waals surface area contributed by atoms with Gasteiger partial charge in [-0.2, -0.15) is 0 Å². The molecule has 92 valence electrons. The fraction of sp³-hybridized carbons (Fsp3) is 0.417. The lowest BCUT2D eigenvalue weighted by molar-refractivity contribution is -0.113. The van der Waals surface area contributed by atoms with Gasteiger partial charge in [-0.1, -0.05) is 30.3 Å². The minimum atomic E-state index is -0.608. The lowest BCUT2D eigenvalue weighted by Gasteiger charge is -2.30. The van der Waals surface area contributed by atoms with Gasteiger partial charge in [0.1, 0.15) is 0 Å². The van der Waals surface area contributed by atoms with E-state index in [0.29, 0.717) is 5.92 Å². The Hall–Kier alpha value is -1.59. The van der Waals surface area contributed by atoms with Crippen molar-refractivity contribution >= 4 is 6.09 Å². The lowest BCUT2D eigenvalue weighted by atomic mass is 9.90. The molecule has 0 unspecified atom stereocenters. The molecule has 0 radical (unpaired) electrons. The molecule has 1 saturated heterocycles. The van der Waals surface area contributed by atoms with Crippen molar-refractivity contribution in [2.45, 2.75) is 18.8 Å². The summed E-state index contributed by atoms with van der Waals surface area (Å²) in [7, 11) is 0. The maximum absolute atomic E-state index is 10.9. The average Bonchev–Trinajstić information content (AvgIpc) is 2.40. The summed E-state index contributed by atoms with van der Waals surface area (Å²) in [5, 5.41) is 1.65. The van der Waals surface area contributed by atoms with Gasteiger partial charge < -0.3 is 4.84 Å². The van der Waals surface area contributed by atoms with Gasteiger partial charge in [-0.3, -0.25) is 5.43 Å². The minimum absolute atomic E-state index is 0.553. The van der Waals surface area contributed by atoms with Crippen molar-refractivity contribution < 1.29 is 9.63 Å². The topological polar surface area (TPSA) is 67.6 Å². The van der Waals surface area contributed by atoms with Crippen LogP contribution in [0.4, 0.5) is 4.79 Å². The summed E-state index contributed by atoms with van der Waals surface area (Å²) in [6.45, 7) is 1.49. The Labute approximate surface area is 100 Å². The second kappa shape index (κ2) is 5.65. The SMILES string of the molecule is NNC(=O)ON1CCC(c2ccccc2)CC1. The molecular formula is C12H17N3O2. The number of hydrogen-bond acceptors (Lipinski definition) is 4. The highest BCUT2D eigenvalue weighted by atomic mass is 16.7. The first-order valence-electron chi connectivity index (χ1n) is 5.78. The number of hydrazine groups is 1. The Balaban J connectivity index is 1.84. The molecule has 1 heterocycles. The summed E-state index contributed by atoms with van der Waals surface area (Å²) >= 11 is 0. The third-order valence-electron chi connectivity index (χ3n) is 3.05. The van der Waals surface area contributed by atoms with Gasteiger partial charge in [0.2, 0.25) is 0 Å². The van der Waals surface area contributed by atoms with Gasteiger partial charge in [0, 0.05) is 13.1 Å². The number of rotatable bonds is 2. The number of nitrogens with zero attached hydrogens (tertiary/aromatic N) is 1. The van der Waals surface area contributed by atoms with E-state index in [9.17, 15) is 4.79 Å². The zero-order valence-electron chi connectivity index (χ0n) is 9.63. The molecule has 1 aliphatic rings. The van der Waals surface area contributed by atoms with E-state index in [1.54, 1.807) is 5.06 Å². The molecular weight excluding hydrogens is 218 g/mol. The van der Waals surface area contributed by atoms with Crippen LogP contribution in [0.15, 0.2) is 30.3 Å². The molecule has 0 aromatic heterocycles. The fourth-order valence-corrected chi connectivity index (χ4v) is 2.15. The Bertz CT molecular complexity index is 361. The zero-order valence-corrected chi connectivity index (χ0v) is 9.63. The number of nitrogens with one attached hydrogen (secondary N) is 1. The highest BCUT2D eigenvalue weighted by Crippen LogP contribution is 2.27. The maximum Gasteiger partial charge on any atom is 0.440 e. The molecule has 1 aromatic rings. The Kier molecular flexibility index (Phi) is 3.95. The lowest BCUT2D eigenvalue weighted by Crippen LogP contribution is -2.40. The van der Waals surface area contributed by atoms with E-state index < -0.39 is 6.09 Å². The quantitative estimate of drug-likeness (QED) is 0.461. The van der Waals surface area contributed by atoms with E-state index in [4.69, 9.17) is 10.7 Å². The molecule has 1 aliphatic heterocycles. The first-order chi connectivity index (χ1) is 8.29. The second-order valence-electron chi connectivity index (χ2n) is 4.14. The van der Waals surface area contributed by atoms with Crippen LogP contribution in [0.3, 0.4) is 0 Å². The number of piperidine rings is 1. The smallest absolute Gasteiger partial charge is 0.350 e. The number of amides is 1. The maximum atomic E-state index is 10.9. The predicted molar refractivity (Wildman–Crippen MR) is 63.8 cm³/mol. The summed E-state index contributed by atoms with van der Waals surface area (Å²) in [4.78, 5) is 15.9. The van der Waals surface area contributed by atoms with Crippen LogP contribution in [0.2, 0.25) is 0 Å². The van der Waals surface area contributed by atoms with Crippen molar-refractivity contribution in [1.29, 1.82) is 0 Å². The molecule has 0 bridgehead atoms. The standard InChI is InChI=1S/C12H17N3O2/c13-14-12(16)17-15-8-6-11(7-9-15)10-4-2-1-3-5-10/h1-5,11H,6-9,13H2,(H,14,16). The minimum Gasteiger partial charge on any atom is -0.350 e. The van der Waals surface area contributed by atoms with Gasteiger partial charge in [0.15, 0.2) is 0 Å². The molecule has 1 fully saturated rings. The molecule has 0 atom stereocenters. The Morgan fingerprint density at radius 1 is 1.29 bits per heavy atom. The van der Waals surface area contributed by atoms with Gasteiger partial charge in [-0.25, -0.2) is 10.6 Å². The molecule has 0 saturated carbocycles. The van der Waals surface area contributed by atoms with Crippen LogP contribution in [0.1, 0.15) is 24.3 Å². The largest absolute Gasteiger partial charge is 0.440 e. The molecule has 3 N–H and O–H groups in total. The fourth-order valence-electron chi connectivity index (χ4n) is 2.15. The first-order valence-corrected chi connectivity index (χ1v) is 5.78. The molecule has 0 spiro atoms. The van der Waals surface area contributed by atoms with Crippen LogP contribution in [0.5, 0.6) is 0 Å². The number of carbonyl (C=O) groups excluding carboxylic acids is 1. The van der Waals surface area contributed by atoms with Crippen molar-refractivity contribution in [1.82, 2.24) is 10.5 Å². The molecule has 1 aromatic carbocycles. The van der Waals surface area contributed by atoms with Crippen molar-refractivity contribution in [3.63, 3.8) is 0 Å². The third kappa shape index (κ3) is 3.18. The average molecular weight is 235 g/mol. The number of carbonyl (C=O) groups is 1. The van der Waals surface area contributed by atoms with Crippen molar-refractivity contribution in [2.75, 3.05) is 13.1 Å². The number of nitrogens with two attached hydrogens (primary N) is 1. The van der Waals surface area contributed by atoms with E-state index >= 15 is 0 Å². The van der Waals surface area contributed by atoms with Crippen molar-refractivity contribution in [2.24, 2.45) is 5.84 Å². The Morgan fingerprint density at radius 3 is 2.53 bits per heavy atom. The van der Waals surface area contributed by atoms with Gasteiger partial charge in [0.25, 0.3) is 0 Å². The summed E-state index contributed by atoms with van der Waals surface area (Å²) < 4.78 is 0. The van der Waals surface area contributed by atoms with E-state index in [1.165, 1.54) is 5.56 Å². The molecule has 17 heavy (non-hydrogen) atoms. The van der Waals surface area contributed by atoms with E-state index in [1.807, 2.05) is 11.5 Å².